The Morgan fingerprint density at radius 1 is 1.11 bits per heavy atom. The second kappa shape index (κ2) is 7.88. The van der Waals surface area contributed by atoms with Gasteiger partial charge in [-0.3, -0.25) is 4.79 Å². The van der Waals surface area contributed by atoms with Gasteiger partial charge >= 0.3 is 0 Å². The van der Waals surface area contributed by atoms with E-state index in [0.29, 0.717) is 13.0 Å². The third kappa shape index (κ3) is 4.49. The van der Waals surface area contributed by atoms with Crippen molar-refractivity contribution in [2.75, 3.05) is 26.2 Å². The largest absolute Gasteiger partial charge is 0.494 e. The Morgan fingerprint density at radius 2 is 1.72 bits per heavy atom. The lowest BCUT2D eigenvalue weighted by atomic mass is 10.1. The zero-order valence-electron chi connectivity index (χ0n) is 11.6. The van der Waals surface area contributed by atoms with Crippen molar-refractivity contribution >= 4 is 5.78 Å². The zero-order chi connectivity index (χ0) is 13.4. The number of ketones is 1. The first-order valence-electron chi connectivity index (χ1n) is 6.69. The van der Waals surface area contributed by atoms with Crippen LogP contribution in [0.4, 0.5) is 0 Å². The normalized spacial score (nSPS) is 10.7. The molecule has 0 bridgehead atoms. The molecule has 0 aliphatic rings. The molecule has 0 unspecified atom stereocenters. The van der Waals surface area contributed by atoms with Crippen LogP contribution in [0.15, 0.2) is 24.3 Å². The van der Waals surface area contributed by atoms with Gasteiger partial charge < -0.3 is 9.64 Å². The lowest BCUT2D eigenvalue weighted by molar-refractivity contribution is 0.0966. The second-order valence-corrected chi connectivity index (χ2v) is 4.16. The Hall–Kier alpha value is -1.35. The van der Waals surface area contributed by atoms with E-state index in [1.54, 1.807) is 0 Å². The molecule has 0 spiro atoms. The van der Waals surface area contributed by atoms with Crippen molar-refractivity contribution in [3.05, 3.63) is 29.8 Å². The fraction of sp³-hybridized carbons (Fsp3) is 0.533. The van der Waals surface area contributed by atoms with E-state index in [1.165, 1.54) is 0 Å². The van der Waals surface area contributed by atoms with Crippen LogP contribution in [0.5, 0.6) is 5.75 Å². The maximum Gasteiger partial charge on any atom is 0.164 e. The molecule has 100 valence electrons. The highest BCUT2D eigenvalue weighted by Gasteiger charge is 2.08. The number of carbonyl (C=O) groups is 1. The molecule has 0 aliphatic heterocycles. The fourth-order valence-corrected chi connectivity index (χ4v) is 1.85. The molecule has 1 aromatic rings. The van der Waals surface area contributed by atoms with Gasteiger partial charge in [0.2, 0.25) is 0 Å². The van der Waals surface area contributed by atoms with Crippen LogP contribution in [0.3, 0.4) is 0 Å². The van der Waals surface area contributed by atoms with Crippen molar-refractivity contribution < 1.29 is 9.53 Å². The molecule has 0 aliphatic carbocycles. The van der Waals surface area contributed by atoms with Crippen molar-refractivity contribution in [2.45, 2.75) is 27.2 Å². The Kier molecular flexibility index (Phi) is 6.44. The lowest BCUT2D eigenvalue weighted by Crippen LogP contribution is -2.25. The van der Waals surface area contributed by atoms with Crippen LogP contribution in [0.25, 0.3) is 0 Å². The Labute approximate surface area is 110 Å². The predicted molar refractivity (Wildman–Crippen MR) is 74.3 cm³/mol. The van der Waals surface area contributed by atoms with Crippen molar-refractivity contribution in [2.24, 2.45) is 0 Å². The maximum absolute atomic E-state index is 12.0. The molecule has 3 heteroatoms. The number of hydrogen-bond acceptors (Lipinski definition) is 3. The topological polar surface area (TPSA) is 29.5 Å². The third-order valence-electron chi connectivity index (χ3n) is 3.04. The number of rotatable bonds is 8. The number of benzene rings is 1. The summed E-state index contributed by atoms with van der Waals surface area (Å²) >= 11 is 0. The van der Waals surface area contributed by atoms with E-state index in [4.69, 9.17) is 4.74 Å². The number of hydrogen-bond donors (Lipinski definition) is 0. The van der Waals surface area contributed by atoms with Crippen LogP contribution in [0.1, 0.15) is 37.6 Å². The lowest BCUT2D eigenvalue weighted by Gasteiger charge is -2.17. The fourth-order valence-electron chi connectivity index (χ4n) is 1.85. The van der Waals surface area contributed by atoms with E-state index in [9.17, 15) is 4.79 Å². The molecule has 3 nitrogen and oxygen atoms in total. The number of ether oxygens (including phenoxy) is 1. The van der Waals surface area contributed by atoms with Crippen LogP contribution in [-0.4, -0.2) is 36.9 Å². The Bertz CT molecular complexity index is 355. The highest BCUT2D eigenvalue weighted by molar-refractivity contribution is 5.96. The van der Waals surface area contributed by atoms with Crippen LogP contribution in [0.2, 0.25) is 0 Å². The van der Waals surface area contributed by atoms with Crippen molar-refractivity contribution in [1.82, 2.24) is 4.90 Å². The van der Waals surface area contributed by atoms with E-state index >= 15 is 0 Å². The predicted octanol–water partition coefficient (Wildman–Crippen LogP) is 3.00. The average molecular weight is 249 g/mol. The highest BCUT2D eigenvalue weighted by atomic mass is 16.5. The van der Waals surface area contributed by atoms with Gasteiger partial charge in [-0.2, -0.15) is 0 Å². The van der Waals surface area contributed by atoms with Gasteiger partial charge in [0.25, 0.3) is 0 Å². The summed E-state index contributed by atoms with van der Waals surface area (Å²) in [4.78, 5) is 14.2. The first kappa shape index (κ1) is 14.7. The van der Waals surface area contributed by atoms with Gasteiger partial charge in [0.05, 0.1) is 6.61 Å². The number of nitrogens with zero attached hydrogens (tertiary/aromatic N) is 1. The van der Waals surface area contributed by atoms with Gasteiger partial charge in [-0.1, -0.05) is 13.8 Å². The maximum atomic E-state index is 12.0. The molecule has 0 heterocycles. The molecule has 0 saturated heterocycles. The third-order valence-corrected chi connectivity index (χ3v) is 3.04. The van der Waals surface area contributed by atoms with Crippen LogP contribution < -0.4 is 4.74 Å². The van der Waals surface area contributed by atoms with E-state index in [2.05, 4.69) is 18.7 Å². The molecule has 1 rings (SSSR count). The molecular weight excluding hydrogens is 226 g/mol. The molecule has 1 aromatic carbocycles. The molecule has 0 N–H and O–H groups in total. The van der Waals surface area contributed by atoms with Crippen molar-refractivity contribution in [1.29, 1.82) is 0 Å². The Morgan fingerprint density at radius 3 is 2.22 bits per heavy atom. The first-order chi connectivity index (χ1) is 8.71. The standard InChI is InChI=1S/C15H23NO2/c1-4-16(5-2)12-11-15(17)13-7-9-14(10-8-13)18-6-3/h7-10H,4-6,11-12H2,1-3H3. The SMILES string of the molecule is CCOc1ccc(C(=O)CCN(CC)CC)cc1. The van der Waals surface area contributed by atoms with Crippen molar-refractivity contribution in [3.8, 4) is 5.75 Å². The summed E-state index contributed by atoms with van der Waals surface area (Å²) in [6.07, 6.45) is 0.579. The van der Waals surface area contributed by atoms with Crippen molar-refractivity contribution in [3.63, 3.8) is 0 Å². The van der Waals surface area contributed by atoms with Crippen LogP contribution >= 0.6 is 0 Å². The van der Waals surface area contributed by atoms with E-state index in [-0.39, 0.29) is 5.78 Å². The molecule has 0 saturated carbocycles. The van der Waals surface area contributed by atoms with Gasteiger partial charge in [-0.15, -0.1) is 0 Å². The smallest absolute Gasteiger partial charge is 0.164 e. The van der Waals surface area contributed by atoms with Gasteiger partial charge in [0, 0.05) is 18.5 Å². The van der Waals surface area contributed by atoms with Gasteiger partial charge in [-0.05, 0) is 44.3 Å². The summed E-state index contributed by atoms with van der Waals surface area (Å²) < 4.78 is 5.35. The van der Waals surface area contributed by atoms with E-state index < -0.39 is 0 Å². The molecule has 18 heavy (non-hydrogen) atoms. The van der Waals surface area contributed by atoms with Gasteiger partial charge in [-0.25, -0.2) is 0 Å². The molecule has 0 amide bonds. The summed E-state index contributed by atoms with van der Waals surface area (Å²) in [5, 5.41) is 0. The summed E-state index contributed by atoms with van der Waals surface area (Å²) in [5.41, 5.74) is 0.769. The minimum Gasteiger partial charge on any atom is -0.494 e. The summed E-state index contributed by atoms with van der Waals surface area (Å²) in [7, 11) is 0. The summed E-state index contributed by atoms with van der Waals surface area (Å²) in [6, 6.07) is 7.40. The average Bonchev–Trinajstić information content (AvgIpc) is 2.41. The van der Waals surface area contributed by atoms with Gasteiger partial charge in [0.1, 0.15) is 5.75 Å². The van der Waals surface area contributed by atoms with Crippen LogP contribution in [0, 0.1) is 0 Å². The summed E-state index contributed by atoms with van der Waals surface area (Å²) in [5.74, 6) is 1.02. The first-order valence-corrected chi connectivity index (χ1v) is 6.69. The van der Waals surface area contributed by atoms with Crippen LogP contribution in [-0.2, 0) is 0 Å². The van der Waals surface area contributed by atoms with E-state index in [0.717, 1.165) is 30.9 Å². The molecule has 0 atom stereocenters. The quantitative estimate of drug-likeness (QED) is 0.663. The molecule has 0 aromatic heterocycles. The molecule has 0 radical (unpaired) electrons. The Balaban J connectivity index is 2.51. The second-order valence-electron chi connectivity index (χ2n) is 4.16. The number of carbonyl (C=O) groups excluding carboxylic acids is 1. The zero-order valence-corrected chi connectivity index (χ0v) is 11.6. The minimum absolute atomic E-state index is 0.199. The van der Waals surface area contributed by atoms with Gasteiger partial charge in [0.15, 0.2) is 5.78 Å². The number of Topliss-reactive ketones (excluding diaryl/α,β-unsaturated/α-hetero) is 1. The van der Waals surface area contributed by atoms with E-state index in [1.807, 2.05) is 31.2 Å². The molecule has 0 fully saturated rings. The monoisotopic (exact) mass is 249 g/mol. The molecular formula is C15H23NO2. The highest BCUT2D eigenvalue weighted by Crippen LogP contribution is 2.13. The minimum atomic E-state index is 0.199. The summed E-state index contributed by atoms with van der Waals surface area (Å²) in [6.45, 7) is 9.65.